The first kappa shape index (κ1) is 21.9. The van der Waals surface area contributed by atoms with E-state index in [9.17, 15) is 9.59 Å². The van der Waals surface area contributed by atoms with Gasteiger partial charge in [0.25, 0.3) is 0 Å². The topological polar surface area (TPSA) is 85.1 Å². The zero-order chi connectivity index (χ0) is 22.7. The van der Waals surface area contributed by atoms with Gasteiger partial charge in [0.1, 0.15) is 12.4 Å². The lowest BCUT2D eigenvalue weighted by atomic mass is 10.1. The van der Waals surface area contributed by atoms with Gasteiger partial charge in [0.05, 0.1) is 18.4 Å². The second-order valence-corrected chi connectivity index (χ2v) is 8.26. The van der Waals surface area contributed by atoms with Gasteiger partial charge >= 0.3 is 0 Å². The van der Waals surface area contributed by atoms with E-state index in [4.69, 9.17) is 14.0 Å². The van der Waals surface area contributed by atoms with Gasteiger partial charge in [-0.05, 0) is 50.5 Å². The van der Waals surface area contributed by atoms with Crippen molar-refractivity contribution in [3.8, 4) is 11.5 Å². The maximum atomic E-state index is 12.6. The summed E-state index contributed by atoms with van der Waals surface area (Å²) in [6, 6.07) is 5.53. The predicted molar refractivity (Wildman–Crippen MR) is 118 cm³/mol. The van der Waals surface area contributed by atoms with Crippen LogP contribution < -0.4 is 9.47 Å². The van der Waals surface area contributed by atoms with E-state index in [-0.39, 0.29) is 17.7 Å². The molecule has 1 aliphatic heterocycles. The summed E-state index contributed by atoms with van der Waals surface area (Å²) in [5, 5.41) is 3.94. The Bertz CT molecular complexity index is 997. The summed E-state index contributed by atoms with van der Waals surface area (Å²) in [5.41, 5.74) is 2.56. The quantitative estimate of drug-likeness (QED) is 0.617. The Labute approximate surface area is 187 Å². The number of nitrogens with zero attached hydrogens (tertiary/aromatic N) is 3. The Kier molecular flexibility index (Phi) is 6.48. The highest BCUT2D eigenvalue weighted by Gasteiger charge is 2.34. The molecule has 170 valence electrons. The highest BCUT2D eigenvalue weighted by Crippen LogP contribution is 2.31. The Hall–Kier alpha value is -3.29. The molecule has 8 nitrogen and oxygen atoms in total. The van der Waals surface area contributed by atoms with Crippen LogP contribution >= 0.6 is 0 Å². The molecule has 0 radical (unpaired) electrons. The molecular weight excluding hydrogens is 410 g/mol. The van der Waals surface area contributed by atoms with Crippen LogP contribution in [0.25, 0.3) is 6.08 Å². The third kappa shape index (κ3) is 4.95. The lowest BCUT2D eigenvalue weighted by molar-refractivity contribution is -0.138. The van der Waals surface area contributed by atoms with Gasteiger partial charge in [0.2, 0.25) is 11.8 Å². The summed E-state index contributed by atoms with van der Waals surface area (Å²) in [6.45, 7) is 6.42. The fourth-order valence-corrected chi connectivity index (χ4v) is 3.77. The lowest BCUT2D eigenvalue weighted by Crippen LogP contribution is -2.50. The van der Waals surface area contributed by atoms with Gasteiger partial charge < -0.3 is 23.8 Å². The van der Waals surface area contributed by atoms with Crippen molar-refractivity contribution in [1.29, 1.82) is 0 Å². The highest BCUT2D eigenvalue weighted by atomic mass is 16.5. The molecule has 0 unspecified atom stereocenters. The Morgan fingerprint density at radius 3 is 2.47 bits per heavy atom. The van der Waals surface area contributed by atoms with Crippen molar-refractivity contribution >= 4 is 17.9 Å². The van der Waals surface area contributed by atoms with Gasteiger partial charge in [-0.25, -0.2) is 0 Å². The Morgan fingerprint density at radius 1 is 1.12 bits per heavy atom. The molecule has 0 spiro atoms. The average Bonchev–Trinajstić information content (AvgIpc) is 3.62. The first-order valence-corrected chi connectivity index (χ1v) is 10.9. The van der Waals surface area contributed by atoms with Crippen LogP contribution in [0.2, 0.25) is 0 Å². The van der Waals surface area contributed by atoms with Crippen LogP contribution in [-0.4, -0.2) is 60.1 Å². The minimum Gasteiger partial charge on any atom is -0.493 e. The number of carbonyl (C=O) groups excluding carboxylic acids is 2. The minimum absolute atomic E-state index is 0.0544. The van der Waals surface area contributed by atoms with Crippen molar-refractivity contribution in [2.24, 2.45) is 5.92 Å². The molecule has 2 fully saturated rings. The van der Waals surface area contributed by atoms with E-state index in [2.05, 4.69) is 5.16 Å². The van der Waals surface area contributed by atoms with E-state index in [1.54, 1.807) is 24.2 Å². The van der Waals surface area contributed by atoms with Crippen molar-refractivity contribution in [2.45, 2.75) is 33.3 Å². The molecule has 1 aromatic carbocycles. The summed E-state index contributed by atoms with van der Waals surface area (Å²) >= 11 is 0. The fraction of sp³-hybridized carbons (Fsp3) is 0.458. The molecule has 1 aliphatic carbocycles. The molecule has 1 aromatic heterocycles. The maximum Gasteiger partial charge on any atom is 0.246 e. The first-order valence-electron chi connectivity index (χ1n) is 10.9. The van der Waals surface area contributed by atoms with Crippen molar-refractivity contribution in [1.82, 2.24) is 15.0 Å². The molecule has 0 bridgehead atoms. The summed E-state index contributed by atoms with van der Waals surface area (Å²) in [5.74, 6) is 2.34. The molecule has 2 aliphatic rings. The molecule has 32 heavy (non-hydrogen) atoms. The lowest BCUT2D eigenvalue weighted by Gasteiger charge is -2.34. The van der Waals surface area contributed by atoms with Gasteiger partial charge in [0, 0.05) is 38.2 Å². The van der Waals surface area contributed by atoms with Gasteiger partial charge in [-0.15, -0.1) is 0 Å². The molecule has 4 rings (SSSR count). The van der Waals surface area contributed by atoms with E-state index >= 15 is 0 Å². The largest absolute Gasteiger partial charge is 0.493 e. The first-order chi connectivity index (χ1) is 15.5. The smallest absolute Gasteiger partial charge is 0.246 e. The second-order valence-electron chi connectivity index (χ2n) is 8.26. The zero-order valence-electron chi connectivity index (χ0n) is 18.8. The van der Waals surface area contributed by atoms with Crippen molar-refractivity contribution in [3.63, 3.8) is 0 Å². The van der Waals surface area contributed by atoms with Crippen molar-refractivity contribution < 1.29 is 23.6 Å². The number of ether oxygens (including phenoxy) is 2. The molecule has 2 aromatic rings. The van der Waals surface area contributed by atoms with Crippen LogP contribution in [0.5, 0.6) is 11.5 Å². The number of methoxy groups -OCH3 is 1. The van der Waals surface area contributed by atoms with E-state index in [1.165, 1.54) is 0 Å². The van der Waals surface area contributed by atoms with E-state index in [0.717, 1.165) is 35.4 Å². The maximum absolute atomic E-state index is 12.6. The molecule has 0 atom stereocenters. The van der Waals surface area contributed by atoms with Gasteiger partial charge in [-0.3, -0.25) is 9.59 Å². The minimum atomic E-state index is -0.0544. The molecular formula is C24H29N3O5. The summed E-state index contributed by atoms with van der Waals surface area (Å²) in [4.78, 5) is 28.4. The highest BCUT2D eigenvalue weighted by molar-refractivity contribution is 5.92. The number of rotatable bonds is 7. The van der Waals surface area contributed by atoms with Crippen LogP contribution in [0.1, 0.15) is 35.4 Å². The number of hydrogen-bond acceptors (Lipinski definition) is 6. The van der Waals surface area contributed by atoms with Gasteiger partial charge in [0.15, 0.2) is 11.5 Å². The van der Waals surface area contributed by atoms with Crippen molar-refractivity contribution in [3.05, 3.63) is 46.9 Å². The summed E-state index contributed by atoms with van der Waals surface area (Å²) < 4.78 is 16.5. The molecule has 2 heterocycles. The van der Waals surface area contributed by atoms with Gasteiger partial charge in [-0.2, -0.15) is 0 Å². The SMILES string of the molecule is COc1cc(/C=C/C(=O)N2CCN(C(=O)C3CC3)CC2)ccc1OCc1c(C)noc1C. The third-order valence-electron chi connectivity index (χ3n) is 5.99. The van der Waals surface area contributed by atoms with Crippen LogP contribution in [0.15, 0.2) is 28.8 Å². The average molecular weight is 440 g/mol. The summed E-state index contributed by atoms with van der Waals surface area (Å²) in [6.07, 6.45) is 5.35. The monoisotopic (exact) mass is 439 g/mol. The fourth-order valence-electron chi connectivity index (χ4n) is 3.77. The number of aryl methyl sites for hydroxylation is 2. The predicted octanol–water partition coefficient (Wildman–Crippen LogP) is 2.97. The van der Waals surface area contributed by atoms with Crippen LogP contribution in [0.4, 0.5) is 0 Å². The molecule has 8 heteroatoms. The van der Waals surface area contributed by atoms with E-state index < -0.39 is 0 Å². The molecule has 1 saturated heterocycles. The van der Waals surface area contributed by atoms with Crippen molar-refractivity contribution in [2.75, 3.05) is 33.3 Å². The molecule has 0 N–H and O–H groups in total. The third-order valence-corrected chi connectivity index (χ3v) is 5.99. The molecule has 1 saturated carbocycles. The number of amides is 2. The number of benzene rings is 1. The zero-order valence-corrected chi connectivity index (χ0v) is 18.8. The normalized spacial score (nSPS) is 16.5. The number of hydrogen-bond donors (Lipinski definition) is 0. The Balaban J connectivity index is 1.33. The number of carbonyl (C=O) groups is 2. The van der Waals surface area contributed by atoms with Crippen LogP contribution in [0, 0.1) is 19.8 Å². The standard InChI is InChI=1S/C24H29N3O5/c1-16-20(17(2)32-25-16)15-31-21-8-4-18(14-22(21)30-3)5-9-23(28)26-10-12-27(13-11-26)24(29)19-6-7-19/h4-5,8-9,14,19H,6-7,10-13,15H2,1-3H3/b9-5+. The summed E-state index contributed by atoms with van der Waals surface area (Å²) in [7, 11) is 1.58. The van der Waals surface area contributed by atoms with E-state index in [0.29, 0.717) is 44.3 Å². The number of piperazine rings is 1. The van der Waals surface area contributed by atoms with Crippen LogP contribution in [0.3, 0.4) is 0 Å². The second kappa shape index (κ2) is 9.46. The van der Waals surface area contributed by atoms with Gasteiger partial charge in [-0.1, -0.05) is 11.2 Å². The van der Waals surface area contributed by atoms with Crippen LogP contribution in [-0.2, 0) is 16.2 Å². The van der Waals surface area contributed by atoms with E-state index in [1.807, 2.05) is 36.9 Å². The number of aromatic nitrogens is 1. The Morgan fingerprint density at radius 2 is 1.84 bits per heavy atom. The molecule has 2 amide bonds.